The van der Waals surface area contributed by atoms with Gasteiger partial charge in [-0.25, -0.2) is 9.97 Å². The number of nitrogens with zero attached hydrogens (tertiary/aromatic N) is 7. The third-order valence-corrected chi connectivity index (χ3v) is 2.00. The van der Waals surface area contributed by atoms with E-state index in [-0.39, 0.29) is 0 Å². The van der Waals surface area contributed by atoms with Crippen molar-refractivity contribution in [2.75, 3.05) is 0 Å². The lowest BCUT2D eigenvalue weighted by Crippen LogP contribution is -1.93. The predicted octanol–water partition coefficient (Wildman–Crippen LogP) is 14.8. The summed E-state index contributed by atoms with van der Waals surface area (Å²) >= 11 is 0. The highest BCUT2D eigenvalue weighted by molar-refractivity contribution is 4.88. The van der Waals surface area contributed by atoms with Gasteiger partial charge in [-0.15, -0.1) is 0 Å². The molecule has 304 valence electrons. The van der Waals surface area contributed by atoms with Crippen LogP contribution < -0.4 is 0 Å². The fourth-order valence-corrected chi connectivity index (χ4v) is 1.07. The van der Waals surface area contributed by atoms with Gasteiger partial charge in [-0.05, 0) is 52.0 Å². The molecule has 7 nitrogen and oxygen atoms in total. The zero-order chi connectivity index (χ0) is 43.0. The molecule has 0 saturated heterocycles. The number of rotatable bonds is 0. The summed E-state index contributed by atoms with van der Waals surface area (Å²) in [4.78, 5) is 18.6. The van der Waals surface area contributed by atoms with Crippen LogP contribution in [0.2, 0.25) is 0 Å². The Bertz CT molecular complexity index is 701. The van der Waals surface area contributed by atoms with E-state index in [1.165, 1.54) is 6.33 Å². The van der Waals surface area contributed by atoms with E-state index in [0.717, 1.165) is 0 Å². The molecule has 0 aliphatic carbocycles. The van der Waals surface area contributed by atoms with Gasteiger partial charge in [0.25, 0.3) is 0 Å². The van der Waals surface area contributed by atoms with Crippen LogP contribution in [0.15, 0.2) is 105 Å². The smallest absolute Gasteiger partial charge is 0.115 e. The third kappa shape index (κ3) is 230. The zero-order valence-electron chi connectivity index (χ0n) is 38.9. The molecule has 4 heterocycles. The summed E-state index contributed by atoms with van der Waals surface area (Å²) in [5, 5.41) is 7.07. The van der Waals surface area contributed by atoms with E-state index in [9.17, 15) is 0 Å². The maximum absolute atomic E-state index is 3.78. The predicted molar refractivity (Wildman–Crippen MR) is 236 cm³/mol. The Hall–Kier alpha value is -3.61. The van der Waals surface area contributed by atoms with Gasteiger partial charge in [-0.2, -0.15) is 10.2 Å². The van der Waals surface area contributed by atoms with Crippen molar-refractivity contribution in [2.24, 2.45) is 21.7 Å². The van der Waals surface area contributed by atoms with E-state index in [1.54, 1.807) is 68.0 Å². The van der Waals surface area contributed by atoms with E-state index < -0.39 is 0 Å². The summed E-state index contributed by atoms with van der Waals surface area (Å²) in [7, 11) is 0. The Morgan fingerprint density at radius 3 is 0.500 bits per heavy atom. The van der Waals surface area contributed by atoms with Gasteiger partial charge in [0.1, 0.15) is 6.33 Å². The van der Waals surface area contributed by atoms with Gasteiger partial charge >= 0.3 is 0 Å². The van der Waals surface area contributed by atoms with E-state index in [1.807, 2.05) is 85.7 Å². The maximum Gasteiger partial charge on any atom is 0.115 e. The first-order valence-electron chi connectivity index (χ1n) is 19.0. The molecule has 0 aliphatic rings. The van der Waals surface area contributed by atoms with Gasteiger partial charge < -0.3 is 0 Å². The average Bonchev–Trinajstić information content (AvgIpc) is 3.09. The molecule has 0 unspecified atom stereocenters. The Balaban J connectivity index is -0.0000000691. The summed E-state index contributed by atoms with van der Waals surface area (Å²) in [5.74, 6) is 0. The molecule has 52 heavy (non-hydrogen) atoms. The molecule has 0 atom stereocenters. The Labute approximate surface area is 326 Å². The number of pyridine rings is 1. The lowest BCUT2D eigenvalue weighted by molar-refractivity contribution is 0.469. The quantitative estimate of drug-likeness (QED) is 0.178. The molecule has 0 N–H and O–H groups in total. The normalized spacial score (nSPS) is 8.77. The molecule has 0 amide bonds. The van der Waals surface area contributed by atoms with Gasteiger partial charge in [0, 0.05) is 62.0 Å². The van der Waals surface area contributed by atoms with Crippen LogP contribution in [0.5, 0.6) is 0 Å². The molecule has 0 spiro atoms. The molecular formula is C45H89N7. The minimum Gasteiger partial charge on any atom is -0.265 e. The number of aromatic nitrogens is 7. The van der Waals surface area contributed by atoms with Crippen LogP contribution in [0.25, 0.3) is 0 Å². The molecule has 0 saturated carbocycles. The summed E-state index contributed by atoms with van der Waals surface area (Å²) in [6.45, 7) is 51.0. The van der Waals surface area contributed by atoms with E-state index in [0.29, 0.717) is 21.7 Å². The van der Waals surface area contributed by atoms with Gasteiger partial charge in [0.15, 0.2) is 0 Å². The molecule has 4 rings (SSSR count). The van der Waals surface area contributed by atoms with Gasteiger partial charge in [0.2, 0.25) is 0 Å². The van der Waals surface area contributed by atoms with Crippen LogP contribution in [0.4, 0.5) is 0 Å². The van der Waals surface area contributed by atoms with Gasteiger partial charge in [-0.3, -0.25) is 15.0 Å². The van der Waals surface area contributed by atoms with Gasteiger partial charge in [0.05, 0.1) is 0 Å². The van der Waals surface area contributed by atoms with Crippen molar-refractivity contribution in [3.05, 3.63) is 105 Å². The SMILES string of the molecule is CC.CC.CC.CC.CC(C)(C)C.CC(C)(C)C.CC(C)(C)C.CC(C)(C)C.c1ccncc1.c1ccnnc1.c1cnccn1.c1cncnc1. The largest absolute Gasteiger partial charge is 0.265 e. The summed E-state index contributed by atoms with van der Waals surface area (Å²) in [5.41, 5.74) is 2.00. The summed E-state index contributed by atoms with van der Waals surface area (Å²) in [6.07, 6.45) is 18.2. The highest BCUT2D eigenvalue weighted by Gasteiger charge is 1.97. The Morgan fingerprint density at radius 2 is 0.423 bits per heavy atom. The minimum absolute atomic E-state index is 0.500. The second-order valence-electron chi connectivity index (χ2n) is 15.7. The maximum atomic E-state index is 3.78. The van der Waals surface area contributed by atoms with Crippen molar-refractivity contribution in [1.29, 1.82) is 0 Å². The highest BCUT2D eigenvalue weighted by Crippen LogP contribution is 2.09. The molecule has 0 bridgehead atoms. The Morgan fingerprint density at radius 1 is 0.231 bits per heavy atom. The molecule has 0 aliphatic heterocycles. The monoisotopic (exact) mass is 728 g/mol. The molecule has 4 aromatic rings. The van der Waals surface area contributed by atoms with Crippen molar-refractivity contribution in [3.63, 3.8) is 0 Å². The number of hydrogen-bond donors (Lipinski definition) is 0. The first-order valence-corrected chi connectivity index (χ1v) is 19.0. The first-order chi connectivity index (χ1) is 24.0. The van der Waals surface area contributed by atoms with E-state index in [4.69, 9.17) is 0 Å². The van der Waals surface area contributed by atoms with Crippen molar-refractivity contribution in [3.8, 4) is 0 Å². The summed E-state index contributed by atoms with van der Waals surface area (Å²) < 4.78 is 0. The molecular weight excluding hydrogens is 639 g/mol. The molecule has 0 fully saturated rings. The van der Waals surface area contributed by atoms with Crippen molar-refractivity contribution in [2.45, 2.75) is 166 Å². The van der Waals surface area contributed by atoms with Crippen molar-refractivity contribution in [1.82, 2.24) is 35.1 Å². The van der Waals surface area contributed by atoms with Crippen molar-refractivity contribution < 1.29 is 0 Å². The van der Waals surface area contributed by atoms with Crippen LogP contribution >= 0.6 is 0 Å². The fourth-order valence-electron chi connectivity index (χ4n) is 1.07. The molecule has 0 radical (unpaired) electrons. The lowest BCUT2D eigenvalue weighted by Gasteiger charge is -2.05. The van der Waals surface area contributed by atoms with Crippen LogP contribution in [0.1, 0.15) is 166 Å². The zero-order valence-corrected chi connectivity index (χ0v) is 38.9. The van der Waals surface area contributed by atoms with Crippen LogP contribution in [-0.2, 0) is 0 Å². The van der Waals surface area contributed by atoms with E-state index in [2.05, 4.69) is 146 Å². The number of hydrogen-bond acceptors (Lipinski definition) is 7. The molecule has 4 aromatic heterocycles. The molecule has 7 heteroatoms. The van der Waals surface area contributed by atoms with E-state index >= 15 is 0 Å². The second kappa shape index (κ2) is 51.8. The highest BCUT2D eigenvalue weighted by atomic mass is 15.1. The second-order valence-corrected chi connectivity index (χ2v) is 15.7. The molecule has 0 aromatic carbocycles. The summed E-state index contributed by atoms with van der Waals surface area (Å²) in [6, 6.07) is 11.1. The minimum atomic E-state index is 0.500. The Kier molecular flexibility index (Phi) is 66.3. The lowest BCUT2D eigenvalue weighted by atomic mass is 10.0. The average molecular weight is 728 g/mol. The van der Waals surface area contributed by atoms with Gasteiger partial charge in [-0.1, -0.05) is 172 Å². The van der Waals surface area contributed by atoms with Crippen LogP contribution in [0.3, 0.4) is 0 Å². The topological polar surface area (TPSA) is 90.2 Å². The fraction of sp³-hybridized carbons (Fsp3) is 0.622. The van der Waals surface area contributed by atoms with Crippen LogP contribution in [-0.4, -0.2) is 35.1 Å². The van der Waals surface area contributed by atoms with Crippen molar-refractivity contribution >= 4 is 0 Å². The van der Waals surface area contributed by atoms with Crippen LogP contribution in [0, 0.1) is 21.7 Å². The third-order valence-electron chi connectivity index (χ3n) is 2.00. The standard InChI is InChI=1S/C5H5N.4C5H12.3C4H4N2.4C2H6/c1-2-4-6-5-3-1;4*1-5(2,3)4;1-2-6-4-3-5-1;1-2-5-4-6-3-1;1-2-4-6-5-3-1;4*1-2/h1-5H;4*1-4H3;3*1-4H;4*1-2H3. The first kappa shape index (κ1) is 66.6.